The second-order valence-corrected chi connectivity index (χ2v) is 4.68. The van der Waals surface area contributed by atoms with Gasteiger partial charge in [-0.05, 0) is 35.9 Å². The molecule has 0 aliphatic carbocycles. The van der Waals surface area contributed by atoms with E-state index >= 15 is 0 Å². The Bertz CT molecular complexity index is 588. The van der Waals surface area contributed by atoms with E-state index in [4.69, 9.17) is 0 Å². The van der Waals surface area contributed by atoms with E-state index in [1.54, 1.807) is 30.3 Å². The van der Waals surface area contributed by atoms with Crippen molar-refractivity contribution in [3.63, 3.8) is 0 Å². The molecular formula is C15H10BrFO. The van der Waals surface area contributed by atoms with Crippen LogP contribution in [0.3, 0.4) is 0 Å². The van der Waals surface area contributed by atoms with Gasteiger partial charge in [0.15, 0.2) is 5.78 Å². The highest BCUT2D eigenvalue weighted by Crippen LogP contribution is 2.13. The molecule has 0 aliphatic rings. The number of hydrogen-bond donors (Lipinski definition) is 0. The summed E-state index contributed by atoms with van der Waals surface area (Å²) < 4.78 is 13.6. The molecular weight excluding hydrogens is 295 g/mol. The molecule has 0 radical (unpaired) electrons. The summed E-state index contributed by atoms with van der Waals surface area (Å²) in [5.41, 5.74) is 1.41. The molecule has 2 aromatic carbocycles. The lowest BCUT2D eigenvalue weighted by Gasteiger charge is -1.97. The molecule has 0 N–H and O–H groups in total. The van der Waals surface area contributed by atoms with E-state index in [0.717, 1.165) is 10.0 Å². The molecule has 1 nitrogen and oxygen atoms in total. The van der Waals surface area contributed by atoms with E-state index in [1.807, 2.05) is 12.1 Å². The van der Waals surface area contributed by atoms with Gasteiger partial charge in [-0.1, -0.05) is 46.3 Å². The number of carbonyl (C=O) groups excluding carboxylic acids is 1. The zero-order chi connectivity index (χ0) is 13.0. The second-order valence-electron chi connectivity index (χ2n) is 3.76. The molecule has 0 spiro atoms. The van der Waals surface area contributed by atoms with Gasteiger partial charge in [-0.3, -0.25) is 4.79 Å². The van der Waals surface area contributed by atoms with E-state index < -0.39 is 0 Å². The number of allylic oxidation sites excluding steroid dienone is 1. The van der Waals surface area contributed by atoms with E-state index in [0.29, 0.717) is 5.56 Å². The number of carbonyl (C=O) groups is 1. The fourth-order valence-electron chi connectivity index (χ4n) is 1.48. The first kappa shape index (κ1) is 12.7. The molecule has 0 fully saturated rings. The Balaban J connectivity index is 2.14. The Morgan fingerprint density at radius 3 is 2.50 bits per heavy atom. The van der Waals surface area contributed by atoms with Crippen LogP contribution in [0.25, 0.3) is 6.08 Å². The first-order valence-corrected chi connectivity index (χ1v) is 6.18. The fourth-order valence-corrected chi connectivity index (χ4v) is 1.88. The minimum atomic E-state index is -0.287. The van der Waals surface area contributed by atoms with Crippen LogP contribution in [0.15, 0.2) is 59.1 Å². The van der Waals surface area contributed by atoms with Crippen LogP contribution in [0.5, 0.6) is 0 Å². The van der Waals surface area contributed by atoms with Crippen LogP contribution < -0.4 is 0 Å². The van der Waals surface area contributed by atoms with Gasteiger partial charge in [0.2, 0.25) is 0 Å². The molecule has 90 valence electrons. The smallest absolute Gasteiger partial charge is 0.185 e. The zero-order valence-electron chi connectivity index (χ0n) is 9.44. The summed E-state index contributed by atoms with van der Waals surface area (Å²) in [6.45, 7) is 0. The van der Waals surface area contributed by atoms with Crippen molar-refractivity contribution in [3.05, 3.63) is 76.0 Å². The average molecular weight is 305 g/mol. The van der Waals surface area contributed by atoms with Gasteiger partial charge in [-0.15, -0.1) is 0 Å². The van der Waals surface area contributed by atoms with Crippen LogP contribution in [0.2, 0.25) is 0 Å². The number of hydrogen-bond acceptors (Lipinski definition) is 1. The lowest BCUT2D eigenvalue weighted by Crippen LogP contribution is -1.93. The van der Waals surface area contributed by atoms with Crippen LogP contribution in [0.1, 0.15) is 15.9 Å². The van der Waals surface area contributed by atoms with Crippen molar-refractivity contribution in [3.8, 4) is 0 Å². The van der Waals surface area contributed by atoms with Gasteiger partial charge in [0.05, 0.1) is 0 Å². The lowest BCUT2D eigenvalue weighted by atomic mass is 10.1. The van der Waals surface area contributed by atoms with E-state index in [9.17, 15) is 9.18 Å². The molecule has 0 saturated carbocycles. The summed E-state index contributed by atoms with van der Waals surface area (Å²) in [6, 6.07) is 13.2. The van der Waals surface area contributed by atoms with Gasteiger partial charge < -0.3 is 0 Å². The third-order valence-electron chi connectivity index (χ3n) is 2.41. The van der Waals surface area contributed by atoms with E-state index in [2.05, 4.69) is 15.9 Å². The van der Waals surface area contributed by atoms with Crippen LogP contribution in [-0.2, 0) is 0 Å². The summed E-state index contributed by atoms with van der Waals surface area (Å²) in [7, 11) is 0. The van der Waals surface area contributed by atoms with Crippen LogP contribution >= 0.6 is 15.9 Å². The highest BCUT2D eigenvalue weighted by Gasteiger charge is 2.01. The molecule has 0 unspecified atom stereocenters. The van der Waals surface area contributed by atoms with Gasteiger partial charge in [-0.2, -0.15) is 0 Å². The predicted octanol–water partition coefficient (Wildman–Crippen LogP) is 4.48. The van der Waals surface area contributed by atoms with Crippen molar-refractivity contribution in [2.24, 2.45) is 0 Å². The third-order valence-corrected chi connectivity index (χ3v) is 2.90. The van der Waals surface area contributed by atoms with Gasteiger partial charge >= 0.3 is 0 Å². The molecule has 18 heavy (non-hydrogen) atoms. The van der Waals surface area contributed by atoms with Crippen molar-refractivity contribution in [1.82, 2.24) is 0 Å². The Kier molecular flexibility index (Phi) is 4.05. The Labute approximate surface area is 113 Å². The predicted molar refractivity (Wildman–Crippen MR) is 73.9 cm³/mol. The fraction of sp³-hybridized carbons (Fsp3) is 0. The molecule has 0 aliphatic heterocycles. The highest BCUT2D eigenvalue weighted by atomic mass is 79.9. The summed E-state index contributed by atoms with van der Waals surface area (Å²) in [5, 5.41) is 0. The molecule has 3 heteroatoms. The number of halogens is 2. The number of ketones is 1. The molecule has 2 aromatic rings. The van der Waals surface area contributed by atoms with Crippen LogP contribution in [0.4, 0.5) is 4.39 Å². The maximum atomic E-state index is 12.7. The number of rotatable bonds is 3. The zero-order valence-corrected chi connectivity index (χ0v) is 11.0. The summed E-state index contributed by atoms with van der Waals surface area (Å²) in [5.74, 6) is -0.369. The van der Waals surface area contributed by atoms with Crippen molar-refractivity contribution >= 4 is 27.8 Å². The standard InChI is InChI=1S/C15H10BrFO/c16-13-3-1-2-12(10-13)15(18)9-6-11-4-7-14(17)8-5-11/h1-10H. The SMILES string of the molecule is O=C(C=Cc1ccc(F)cc1)c1cccc(Br)c1. The van der Waals surface area contributed by atoms with Crippen molar-refractivity contribution in [2.45, 2.75) is 0 Å². The van der Waals surface area contributed by atoms with Gasteiger partial charge in [0.1, 0.15) is 5.82 Å². The summed E-state index contributed by atoms with van der Waals surface area (Å²) in [6.07, 6.45) is 3.15. The molecule has 0 saturated heterocycles. The minimum Gasteiger partial charge on any atom is -0.289 e. The first-order valence-electron chi connectivity index (χ1n) is 5.39. The number of benzene rings is 2. The molecule has 0 atom stereocenters. The van der Waals surface area contributed by atoms with Gasteiger partial charge in [-0.25, -0.2) is 4.39 Å². The average Bonchev–Trinajstić information content (AvgIpc) is 2.38. The van der Waals surface area contributed by atoms with E-state index in [-0.39, 0.29) is 11.6 Å². The molecule has 0 amide bonds. The second kappa shape index (κ2) is 5.74. The molecule has 0 bridgehead atoms. The quantitative estimate of drug-likeness (QED) is 0.603. The topological polar surface area (TPSA) is 17.1 Å². The largest absolute Gasteiger partial charge is 0.289 e. The van der Waals surface area contributed by atoms with Crippen molar-refractivity contribution in [2.75, 3.05) is 0 Å². The van der Waals surface area contributed by atoms with E-state index in [1.165, 1.54) is 18.2 Å². The molecule has 0 aromatic heterocycles. The molecule has 0 heterocycles. The summed E-state index contributed by atoms with van der Waals surface area (Å²) >= 11 is 3.32. The molecule has 2 rings (SSSR count). The Morgan fingerprint density at radius 2 is 1.83 bits per heavy atom. The first-order chi connectivity index (χ1) is 8.65. The van der Waals surface area contributed by atoms with Crippen LogP contribution in [-0.4, -0.2) is 5.78 Å². The maximum absolute atomic E-state index is 12.7. The third kappa shape index (κ3) is 3.37. The van der Waals surface area contributed by atoms with Gasteiger partial charge in [0, 0.05) is 10.0 Å². The van der Waals surface area contributed by atoms with Crippen molar-refractivity contribution < 1.29 is 9.18 Å². The van der Waals surface area contributed by atoms with Gasteiger partial charge in [0.25, 0.3) is 0 Å². The summed E-state index contributed by atoms with van der Waals surface area (Å²) in [4.78, 5) is 11.9. The lowest BCUT2D eigenvalue weighted by molar-refractivity contribution is 0.104. The minimum absolute atomic E-state index is 0.0828. The Morgan fingerprint density at radius 1 is 1.11 bits per heavy atom. The Hall–Kier alpha value is -1.74. The normalized spacial score (nSPS) is 10.8. The maximum Gasteiger partial charge on any atom is 0.185 e. The van der Waals surface area contributed by atoms with Crippen molar-refractivity contribution in [1.29, 1.82) is 0 Å². The highest BCUT2D eigenvalue weighted by molar-refractivity contribution is 9.10. The van der Waals surface area contributed by atoms with Crippen LogP contribution in [0, 0.1) is 5.82 Å². The monoisotopic (exact) mass is 304 g/mol.